The second kappa shape index (κ2) is 9.90. The van der Waals surface area contributed by atoms with Crippen LogP contribution in [0.2, 0.25) is 0 Å². The Labute approximate surface area is 204 Å². The highest BCUT2D eigenvalue weighted by atomic mass is 19.4. The monoisotopic (exact) mass is 497 g/mol. The van der Waals surface area contributed by atoms with E-state index in [4.69, 9.17) is 0 Å². The Kier molecular flexibility index (Phi) is 6.72. The molecule has 1 amide bonds. The smallest absolute Gasteiger partial charge is 0.373 e. The summed E-state index contributed by atoms with van der Waals surface area (Å²) >= 11 is 0. The molecule has 13 heteroatoms. The first-order chi connectivity index (χ1) is 17.2. The Morgan fingerprint density at radius 1 is 1.00 bits per heavy atom. The molecule has 4 N–H and O–H groups in total. The van der Waals surface area contributed by atoms with Gasteiger partial charge in [-0.3, -0.25) is 4.79 Å². The molecule has 0 aliphatic rings. The fraction of sp³-hybridized carbons (Fsp3) is 0.174. The molecule has 0 aliphatic heterocycles. The van der Waals surface area contributed by atoms with E-state index >= 15 is 0 Å². The van der Waals surface area contributed by atoms with Gasteiger partial charge in [0.25, 0.3) is 5.91 Å². The van der Waals surface area contributed by atoms with Crippen molar-refractivity contribution in [2.45, 2.75) is 13.1 Å². The number of aryl methyl sites for hydroxylation is 1. The van der Waals surface area contributed by atoms with Gasteiger partial charge in [-0.15, -0.1) is 5.10 Å². The van der Waals surface area contributed by atoms with Gasteiger partial charge in [-0.2, -0.15) is 22.8 Å². The Balaban J connectivity index is 1.61. The SMILES string of the molecule is CNc1cc(-n2nc(NC)nc2Nc2cc(NC(=O)c3cccc(C(F)(F)F)c3)ccc2C)ncn1. The van der Waals surface area contributed by atoms with Crippen LogP contribution in [0.25, 0.3) is 5.82 Å². The van der Waals surface area contributed by atoms with Crippen LogP contribution >= 0.6 is 0 Å². The van der Waals surface area contributed by atoms with Crippen molar-refractivity contribution in [3.05, 3.63) is 71.5 Å². The quantitative estimate of drug-likeness (QED) is 0.295. The predicted molar refractivity (Wildman–Crippen MR) is 130 cm³/mol. The van der Waals surface area contributed by atoms with Crippen molar-refractivity contribution < 1.29 is 18.0 Å². The molecule has 0 spiro atoms. The van der Waals surface area contributed by atoms with E-state index in [1.807, 2.05) is 6.92 Å². The van der Waals surface area contributed by atoms with Gasteiger partial charge in [0.05, 0.1) is 5.56 Å². The molecule has 10 nitrogen and oxygen atoms in total. The highest BCUT2D eigenvalue weighted by molar-refractivity contribution is 6.04. The second-order valence-corrected chi connectivity index (χ2v) is 7.62. The lowest BCUT2D eigenvalue weighted by atomic mass is 10.1. The molecule has 0 bridgehead atoms. The number of amides is 1. The maximum Gasteiger partial charge on any atom is 0.416 e. The molecule has 2 aromatic heterocycles. The van der Waals surface area contributed by atoms with E-state index in [1.165, 1.54) is 23.1 Å². The number of carbonyl (C=O) groups excluding carboxylic acids is 1. The summed E-state index contributed by atoms with van der Waals surface area (Å²) < 4.78 is 40.5. The van der Waals surface area contributed by atoms with E-state index in [0.29, 0.717) is 34.9 Å². The van der Waals surface area contributed by atoms with Crippen LogP contribution in [0.4, 0.5) is 42.3 Å². The molecule has 2 heterocycles. The van der Waals surface area contributed by atoms with Crippen LogP contribution in [0.15, 0.2) is 54.9 Å². The molecule has 0 fully saturated rings. The molecule has 36 heavy (non-hydrogen) atoms. The summed E-state index contributed by atoms with van der Waals surface area (Å²) in [6.45, 7) is 1.85. The Morgan fingerprint density at radius 2 is 1.81 bits per heavy atom. The van der Waals surface area contributed by atoms with Crippen LogP contribution in [-0.4, -0.2) is 44.7 Å². The molecule has 2 aromatic carbocycles. The van der Waals surface area contributed by atoms with E-state index in [9.17, 15) is 18.0 Å². The third-order valence-corrected chi connectivity index (χ3v) is 5.15. The van der Waals surface area contributed by atoms with Crippen molar-refractivity contribution in [2.24, 2.45) is 0 Å². The minimum Gasteiger partial charge on any atom is -0.373 e. The average Bonchev–Trinajstić information content (AvgIpc) is 3.28. The number of aromatic nitrogens is 5. The van der Waals surface area contributed by atoms with Crippen LogP contribution in [0.1, 0.15) is 21.5 Å². The summed E-state index contributed by atoms with van der Waals surface area (Å²) in [5.74, 6) is 1.05. The van der Waals surface area contributed by atoms with Gasteiger partial charge in [0.15, 0.2) is 5.82 Å². The molecule has 0 saturated heterocycles. The van der Waals surface area contributed by atoms with E-state index in [0.717, 1.165) is 17.7 Å². The number of hydrogen-bond donors (Lipinski definition) is 4. The minimum absolute atomic E-state index is 0.109. The van der Waals surface area contributed by atoms with Crippen molar-refractivity contribution in [2.75, 3.05) is 35.4 Å². The standard InChI is InChI=1S/C23H22F3N9O/c1-13-7-8-16(31-20(36)14-5-4-6-15(9-14)23(24,25)26)10-17(13)32-22-33-21(28-3)34-35(22)19-11-18(27-2)29-12-30-19/h4-12H,1-3H3,(H,31,36)(H,27,29,30)(H2,28,32,33,34). The van der Waals surface area contributed by atoms with Gasteiger partial charge < -0.3 is 21.3 Å². The summed E-state index contributed by atoms with van der Waals surface area (Å²) in [5, 5.41) is 16.0. The molecule has 0 atom stereocenters. The number of benzene rings is 2. The lowest BCUT2D eigenvalue weighted by molar-refractivity contribution is -0.137. The lowest BCUT2D eigenvalue weighted by Crippen LogP contribution is -2.14. The first-order valence-electron chi connectivity index (χ1n) is 10.7. The third kappa shape index (κ3) is 5.35. The van der Waals surface area contributed by atoms with Gasteiger partial charge in [0.1, 0.15) is 12.1 Å². The number of nitrogens with zero attached hydrogens (tertiary/aromatic N) is 5. The molecule has 0 unspecified atom stereocenters. The highest BCUT2D eigenvalue weighted by Gasteiger charge is 2.31. The molecule has 0 radical (unpaired) electrons. The number of halogens is 3. The fourth-order valence-corrected chi connectivity index (χ4v) is 3.25. The van der Waals surface area contributed by atoms with Crippen molar-refractivity contribution >= 4 is 35.0 Å². The first-order valence-corrected chi connectivity index (χ1v) is 10.7. The number of carbonyl (C=O) groups is 1. The zero-order chi connectivity index (χ0) is 25.9. The normalized spacial score (nSPS) is 11.2. The largest absolute Gasteiger partial charge is 0.416 e. The van der Waals surface area contributed by atoms with Gasteiger partial charge in [-0.05, 0) is 42.8 Å². The van der Waals surface area contributed by atoms with Crippen LogP contribution in [-0.2, 0) is 6.18 Å². The van der Waals surface area contributed by atoms with Crippen molar-refractivity contribution in [1.82, 2.24) is 24.7 Å². The van der Waals surface area contributed by atoms with Crippen molar-refractivity contribution in [1.29, 1.82) is 0 Å². The van der Waals surface area contributed by atoms with E-state index in [2.05, 4.69) is 41.3 Å². The summed E-state index contributed by atoms with van der Waals surface area (Å²) in [4.78, 5) is 25.4. The van der Waals surface area contributed by atoms with E-state index < -0.39 is 17.6 Å². The van der Waals surface area contributed by atoms with Crippen LogP contribution < -0.4 is 21.3 Å². The van der Waals surface area contributed by atoms with E-state index in [-0.39, 0.29) is 5.56 Å². The van der Waals surface area contributed by atoms with Crippen LogP contribution in [0.3, 0.4) is 0 Å². The molecule has 4 rings (SSSR count). The van der Waals surface area contributed by atoms with Gasteiger partial charge in [-0.1, -0.05) is 12.1 Å². The molecule has 4 aromatic rings. The number of anilines is 5. The average molecular weight is 497 g/mol. The topological polar surface area (TPSA) is 122 Å². The van der Waals surface area contributed by atoms with Crippen molar-refractivity contribution in [3.8, 4) is 5.82 Å². The highest BCUT2D eigenvalue weighted by Crippen LogP contribution is 2.30. The summed E-state index contributed by atoms with van der Waals surface area (Å²) in [6.07, 6.45) is -3.15. The summed E-state index contributed by atoms with van der Waals surface area (Å²) in [7, 11) is 3.41. The van der Waals surface area contributed by atoms with Crippen LogP contribution in [0, 0.1) is 6.92 Å². The van der Waals surface area contributed by atoms with Gasteiger partial charge >= 0.3 is 6.18 Å². The maximum atomic E-state index is 13.0. The fourth-order valence-electron chi connectivity index (χ4n) is 3.25. The zero-order valence-electron chi connectivity index (χ0n) is 19.5. The first kappa shape index (κ1) is 24.4. The molecule has 0 saturated carbocycles. The molecule has 0 aliphatic carbocycles. The molecular weight excluding hydrogens is 475 g/mol. The number of rotatable bonds is 7. The van der Waals surface area contributed by atoms with Gasteiger partial charge in [0.2, 0.25) is 11.9 Å². The Morgan fingerprint density at radius 3 is 2.53 bits per heavy atom. The Bertz CT molecular complexity index is 1400. The van der Waals surface area contributed by atoms with Gasteiger partial charge in [0, 0.05) is 37.1 Å². The van der Waals surface area contributed by atoms with Crippen LogP contribution in [0.5, 0.6) is 0 Å². The molecular formula is C23H22F3N9O. The van der Waals surface area contributed by atoms with E-state index in [1.54, 1.807) is 38.4 Å². The number of hydrogen-bond acceptors (Lipinski definition) is 8. The molecule has 186 valence electrons. The number of alkyl halides is 3. The van der Waals surface area contributed by atoms with Crippen molar-refractivity contribution in [3.63, 3.8) is 0 Å². The Hall–Kier alpha value is -4.68. The minimum atomic E-state index is -4.54. The maximum absolute atomic E-state index is 13.0. The van der Waals surface area contributed by atoms with Gasteiger partial charge in [-0.25, -0.2) is 9.97 Å². The predicted octanol–water partition coefficient (Wildman–Crippen LogP) is 4.46. The number of nitrogens with one attached hydrogen (secondary N) is 4. The zero-order valence-corrected chi connectivity index (χ0v) is 19.5. The lowest BCUT2D eigenvalue weighted by Gasteiger charge is -2.13. The second-order valence-electron chi connectivity index (χ2n) is 7.62. The summed E-state index contributed by atoms with van der Waals surface area (Å²) in [6, 6.07) is 11.0. The summed E-state index contributed by atoms with van der Waals surface area (Å²) in [5.41, 5.74) is 0.793. The third-order valence-electron chi connectivity index (χ3n) is 5.15.